The summed E-state index contributed by atoms with van der Waals surface area (Å²) >= 11 is 0. The minimum absolute atomic E-state index is 0.127. The van der Waals surface area contributed by atoms with Crippen molar-refractivity contribution in [2.75, 3.05) is 13.1 Å². The lowest BCUT2D eigenvalue weighted by atomic mass is 9.90. The van der Waals surface area contributed by atoms with Gasteiger partial charge in [0.15, 0.2) is 0 Å². The highest BCUT2D eigenvalue weighted by molar-refractivity contribution is 5.92. The predicted molar refractivity (Wildman–Crippen MR) is 77.2 cm³/mol. The summed E-state index contributed by atoms with van der Waals surface area (Å²) in [5.74, 6) is -0.964. The molecule has 1 amide bonds. The maximum absolute atomic E-state index is 12.1. The van der Waals surface area contributed by atoms with Crippen LogP contribution in [0.3, 0.4) is 0 Å². The van der Waals surface area contributed by atoms with Gasteiger partial charge in [-0.15, -0.1) is 0 Å². The number of carboxylic acids is 1. The molecular weight excluding hydrogens is 254 g/mol. The summed E-state index contributed by atoms with van der Waals surface area (Å²) < 4.78 is 0. The van der Waals surface area contributed by atoms with E-state index in [0.717, 1.165) is 11.1 Å². The van der Waals surface area contributed by atoms with Crippen LogP contribution in [0.4, 0.5) is 0 Å². The number of carboxylic acid groups (broad SMARTS) is 1. The standard InChI is InChI=1S/C16H19NO3/c1-12-5-3-4-6-13(12)7-8-14(18)17-10-9-16(2,11-17)15(19)20/h3-8H,9-11H2,1-2H3,(H,19,20). The fraction of sp³-hybridized carbons (Fsp3) is 0.375. The largest absolute Gasteiger partial charge is 0.481 e. The fourth-order valence-electron chi connectivity index (χ4n) is 2.36. The fourth-order valence-corrected chi connectivity index (χ4v) is 2.36. The number of aliphatic carboxylic acids is 1. The number of hydrogen-bond acceptors (Lipinski definition) is 2. The van der Waals surface area contributed by atoms with E-state index < -0.39 is 11.4 Å². The summed E-state index contributed by atoms with van der Waals surface area (Å²) in [5, 5.41) is 9.16. The first-order chi connectivity index (χ1) is 9.42. The van der Waals surface area contributed by atoms with Crippen molar-refractivity contribution in [3.05, 3.63) is 41.5 Å². The van der Waals surface area contributed by atoms with Crippen molar-refractivity contribution >= 4 is 18.0 Å². The van der Waals surface area contributed by atoms with Crippen LogP contribution in [0.5, 0.6) is 0 Å². The quantitative estimate of drug-likeness (QED) is 0.860. The Bertz CT molecular complexity index is 565. The average molecular weight is 273 g/mol. The molecule has 0 spiro atoms. The molecule has 0 bridgehead atoms. The van der Waals surface area contributed by atoms with Crippen LogP contribution in [0.25, 0.3) is 6.08 Å². The zero-order valence-electron chi connectivity index (χ0n) is 11.8. The second-order valence-electron chi connectivity index (χ2n) is 5.57. The van der Waals surface area contributed by atoms with E-state index in [4.69, 9.17) is 5.11 Å². The summed E-state index contributed by atoms with van der Waals surface area (Å²) in [6.07, 6.45) is 3.82. The van der Waals surface area contributed by atoms with Gasteiger partial charge in [0.1, 0.15) is 0 Å². The molecule has 1 unspecified atom stereocenters. The van der Waals surface area contributed by atoms with Gasteiger partial charge in [0, 0.05) is 19.2 Å². The number of aryl methyl sites for hydroxylation is 1. The van der Waals surface area contributed by atoms with Crippen molar-refractivity contribution < 1.29 is 14.7 Å². The highest BCUT2D eigenvalue weighted by atomic mass is 16.4. The molecule has 1 aliphatic heterocycles. The lowest BCUT2D eigenvalue weighted by Gasteiger charge is -2.19. The summed E-state index contributed by atoms with van der Waals surface area (Å²) in [6.45, 7) is 4.45. The highest BCUT2D eigenvalue weighted by Crippen LogP contribution is 2.30. The normalized spacial score (nSPS) is 22.4. The Labute approximate surface area is 118 Å². The van der Waals surface area contributed by atoms with E-state index in [1.807, 2.05) is 31.2 Å². The number of rotatable bonds is 3. The molecule has 1 N–H and O–H groups in total. The van der Waals surface area contributed by atoms with Crippen molar-refractivity contribution in [1.82, 2.24) is 4.90 Å². The van der Waals surface area contributed by atoms with E-state index in [1.165, 1.54) is 6.08 Å². The molecule has 20 heavy (non-hydrogen) atoms. The van der Waals surface area contributed by atoms with Gasteiger partial charge in [0.2, 0.25) is 5.91 Å². The molecule has 0 saturated carbocycles. The molecule has 1 aromatic carbocycles. The van der Waals surface area contributed by atoms with E-state index in [1.54, 1.807) is 17.9 Å². The molecule has 2 rings (SSSR count). The van der Waals surface area contributed by atoms with Crippen LogP contribution >= 0.6 is 0 Å². The SMILES string of the molecule is Cc1ccccc1C=CC(=O)N1CCC(C)(C(=O)O)C1. The molecule has 1 atom stereocenters. The number of hydrogen-bond donors (Lipinski definition) is 1. The Hall–Kier alpha value is -2.10. The Morgan fingerprint density at radius 3 is 2.65 bits per heavy atom. The third-order valence-corrected chi connectivity index (χ3v) is 3.90. The van der Waals surface area contributed by atoms with Gasteiger partial charge in [-0.25, -0.2) is 0 Å². The van der Waals surface area contributed by atoms with Crippen LogP contribution in [0.2, 0.25) is 0 Å². The van der Waals surface area contributed by atoms with Crippen molar-refractivity contribution in [3.63, 3.8) is 0 Å². The van der Waals surface area contributed by atoms with Gasteiger partial charge in [-0.1, -0.05) is 24.3 Å². The van der Waals surface area contributed by atoms with E-state index in [2.05, 4.69) is 0 Å². The molecule has 1 saturated heterocycles. The van der Waals surface area contributed by atoms with Crippen molar-refractivity contribution in [2.24, 2.45) is 5.41 Å². The number of likely N-dealkylation sites (tertiary alicyclic amines) is 1. The van der Waals surface area contributed by atoms with Gasteiger partial charge in [0.05, 0.1) is 5.41 Å². The third-order valence-electron chi connectivity index (χ3n) is 3.90. The Kier molecular flexibility index (Phi) is 3.93. The van der Waals surface area contributed by atoms with Gasteiger partial charge in [-0.05, 0) is 37.5 Å². The molecule has 4 nitrogen and oxygen atoms in total. The number of nitrogens with zero attached hydrogens (tertiary/aromatic N) is 1. The smallest absolute Gasteiger partial charge is 0.311 e. The summed E-state index contributed by atoms with van der Waals surface area (Å²) in [4.78, 5) is 24.8. The van der Waals surface area contributed by atoms with E-state index >= 15 is 0 Å². The summed E-state index contributed by atoms with van der Waals surface area (Å²) in [7, 11) is 0. The van der Waals surface area contributed by atoms with Gasteiger partial charge >= 0.3 is 5.97 Å². The number of benzene rings is 1. The van der Waals surface area contributed by atoms with Gasteiger partial charge in [0.25, 0.3) is 0 Å². The second-order valence-corrected chi connectivity index (χ2v) is 5.57. The van der Waals surface area contributed by atoms with E-state index in [-0.39, 0.29) is 12.5 Å². The maximum atomic E-state index is 12.1. The molecule has 106 valence electrons. The molecule has 4 heteroatoms. The topological polar surface area (TPSA) is 57.6 Å². The van der Waals surface area contributed by atoms with Crippen LogP contribution in [0.15, 0.2) is 30.3 Å². The summed E-state index contributed by atoms with van der Waals surface area (Å²) in [6, 6.07) is 7.81. The van der Waals surface area contributed by atoms with E-state index in [0.29, 0.717) is 13.0 Å². The lowest BCUT2D eigenvalue weighted by Crippen LogP contribution is -2.34. The first-order valence-corrected chi connectivity index (χ1v) is 6.68. The molecule has 0 aliphatic carbocycles. The maximum Gasteiger partial charge on any atom is 0.311 e. The van der Waals surface area contributed by atoms with Crippen molar-refractivity contribution in [1.29, 1.82) is 0 Å². The second kappa shape index (κ2) is 5.49. The van der Waals surface area contributed by atoms with Crippen LogP contribution < -0.4 is 0 Å². The monoisotopic (exact) mass is 273 g/mol. The highest BCUT2D eigenvalue weighted by Gasteiger charge is 2.41. The average Bonchev–Trinajstić information content (AvgIpc) is 2.82. The number of carbonyl (C=O) groups excluding carboxylic acids is 1. The molecular formula is C16H19NO3. The third kappa shape index (κ3) is 2.90. The van der Waals surface area contributed by atoms with Crippen molar-refractivity contribution in [2.45, 2.75) is 20.3 Å². The van der Waals surface area contributed by atoms with Gasteiger partial charge in [-0.2, -0.15) is 0 Å². The summed E-state index contributed by atoms with van der Waals surface area (Å²) in [5.41, 5.74) is 1.29. The van der Waals surface area contributed by atoms with Crippen LogP contribution in [-0.4, -0.2) is 35.0 Å². The number of carbonyl (C=O) groups is 2. The predicted octanol–water partition coefficient (Wildman–Crippen LogP) is 2.33. The van der Waals surface area contributed by atoms with Crippen LogP contribution in [-0.2, 0) is 9.59 Å². The van der Waals surface area contributed by atoms with Gasteiger partial charge < -0.3 is 10.0 Å². The molecule has 0 aromatic heterocycles. The Morgan fingerprint density at radius 1 is 1.35 bits per heavy atom. The lowest BCUT2D eigenvalue weighted by molar-refractivity contribution is -0.147. The minimum Gasteiger partial charge on any atom is -0.481 e. The van der Waals surface area contributed by atoms with Gasteiger partial charge in [-0.3, -0.25) is 9.59 Å². The van der Waals surface area contributed by atoms with E-state index in [9.17, 15) is 9.59 Å². The molecule has 1 heterocycles. The molecule has 0 radical (unpaired) electrons. The number of amides is 1. The van der Waals surface area contributed by atoms with Crippen molar-refractivity contribution in [3.8, 4) is 0 Å². The zero-order chi connectivity index (χ0) is 14.8. The zero-order valence-corrected chi connectivity index (χ0v) is 11.8. The first kappa shape index (κ1) is 14.3. The first-order valence-electron chi connectivity index (χ1n) is 6.68. The Morgan fingerprint density at radius 2 is 2.05 bits per heavy atom. The molecule has 1 aliphatic rings. The Balaban J connectivity index is 2.04. The molecule has 1 fully saturated rings. The molecule has 1 aromatic rings. The van der Waals surface area contributed by atoms with Crippen LogP contribution in [0.1, 0.15) is 24.5 Å². The minimum atomic E-state index is -0.837. The van der Waals surface area contributed by atoms with Crippen LogP contribution in [0, 0.1) is 12.3 Å².